The highest BCUT2D eigenvalue weighted by atomic mass is 16.2. The van der Waals surface area contributed by atoms with Gasteiger partial charge in [0.05, 0.1) is 6.54 Å². The van der Waals surface area contributed by atoms with Crippen LogP contribution in [0.3, 0.4) is 0 Å². The first-order chi connectivity index (χ1) is 11.1. The summed E-state index contributed by atoms with van der Waals surface area (Å²) in [6, 6.07) is 8.13. The molecule has 0 radical (unpaired) electrons. The zero-order chi connectivity index (χ0) is 16.2. The van der Waals surface area contributed by atoms with Crippen LogP contribution >= 0.6 is 0 Å². The molecule has 0 atom stereocenters. The second-order valence-electron chi connectivity index (χ2n) is 6.14. The van der Waals surface area contributed by atoms with E-state index in [-0.39, 0.29) is 18.4 Å². The van der Waals surface area contributed by atoms with Gasteiger partial charge in [-0.2, -0.15) is 0 Å². The molecule has 1 N–H and O–H groups in total. The lowest BCUT2D eigenvalue weighted by atomic mass is 10.1. The Morgan fingerprint density at radius 1 is 1.22 bits per heavy atom. The quantitative estimate of drug-likeness (QED) is 0.920. The first-order valence-corrected chi connectivity index (χ1v) is 8.23. The molecule has 0 saturated carbocycles. The molecule has 1 aliphatic rings. The molecule has 23 heavy (non-hydrogen) atoms. The fourth-order valence-electron chi connectivity index (χ4n) is 3.17. The van der Waals surface area contributed by atoms with Crippen molar-refractivity contribution >= 4 is 22.7 Å². The van der Waals surface area contributed by atoms with Crippen LogP contribution in [0.25, 0.3) is 10.9 Å². The Balaban J connectivity index is 1.63. The molecule has 1 aliphatic heterocycles. The lowest BCUT2D eigenvalue weighted by molar-refractivity contribution is -0.138. The topological polar surface area (TPSA) is 56.4 Å². The molecule has 1 saturated heterocycles. The monoisotopic (exact) mass is 313 g/mol. The molecule has 0 aliphatic carbocycles. The first-order valence-electron chi connectivity index (χ1n) is 8.23. The molecule has 122 valence electrons. The molecule has 0 unspecified atom stereocenters. The fraction of sp³-hybridized carbons (Fsp3) is 0.444. The van der Waals surface area contributed by atoms with Crippen molar-refractivity contribution in [1.82, 2.24) is 14.8 Å². The van der Waals surface area contributed by atoms with Gasteiger partial charge in [-0.15, -0.1) is 0 Å². The average molecular weight is 313 g/mol. The summed E-state index contributed by atoms with van der Waals surface area (Å²) >= 11 is 0. The molecule has 2 aromatic rings. The van der Waals surface area contributed by atoms with Gasteiger partial charge >= 0.3 is 0 Å². The number of H-pyrrole nitrogens is 1. The first kappa shape index (κ1) is 15.6. The number of aromatic nitrogens is 1. The van der Waals surface area contributed by atoms with Crippen molar-refractivity contribution in [3.05, 3.63) is 36.0 Å². The standard InChI is InChI=1S/C18H23N3O2/c1-14(22)21(13-18(23)20-9-4-5-10-20)11-8-15-12-19-17-7-3-2-6-16(15)17/h2-3,6-7,12,19H,4-5,8-11,13H2,1H3. The molecular formula is C18H23N3O2. The van der Waals surface area contributed by atoms with Crippen LogP contribution in [0.1, 0.15) is 25.3 Å². The van der Waals surface area contributed by atoms with Crippen molar-refractivity contribution in [2.75, 3.05) is 26.2 Å². The van der Waals surface area contributed by atoms with E-state index < -0.39 is 0 Å². The number of amides is 2. The molecule has 3 rings (SSSR count). The van der Waals surface area contributed by atoms with Gasteiger partial charge in [-0.3, -0.25) is 9.59 Å². The second kappa shape index (κ2) is 6.86. The molecule has 0 spiro atoms. The van der Waals surface area contributed by atoms with E-state index in [4.69, 9.17) is 0 Å². The molecule has 5 heteroatoms. The third-order valence-electron chi connectivity index (χ3n) is 4.56. The van der Waals surface area contributed by atoms with Crippen LogP contribution in [0, 0.1) is 0 Å². The highest BCUT2D eigenvalue weighted by Crippen LogP contribution is 2.18. The summed E-state index contributed by atoms with van der Waals surface area (Å²) in [5.74, 6) is 0.0222. The van der Waals surface area contributed by atoms with Gasteiger partial charge in [-0.25, -0.2) is 0 Å². The summed E-state index contributed by atoms with van der Waals surface area (Å²) < 4.78 is 0. The lowest BCUT2D eigenvalue weighted by Crippen LogP contribution is -2.41. The van der Waals surface area contributed by atoms with Crippen LogP contribution in [0.5, 0.6) is 0 Å². The van der Waals surface area contributed by atoms with E-state index in [1.807, 2.05) is 29.3 Å². The van der Waals surface area contributed by atoms with Crippen LogP contribution in [-0.2, 0) is 16.0 Å². The summed E-state index contributed by atoms with van der Waals surface area (Å²) in [4.78, 5) is 30.9. The summed E-state index contributed by atoms with van der Waals surface area (Å²) in [6.07, 6.45) is 4.88. The number of para-hydroxylation sites is 1. The molecule has 1 fully saturated rings. The van der Waals surface area contributed by atoms with Crippen LogP contribution in [0.2, 0.25) is 0 Å². The number of rotatable bonds is 5. The van der Waals surface area contributed by atoms with Crippen molar-refractivity contribution in [1.29, 1.82) is 0 Å². The van der Waals surface area contributed by atoms with Gasteiger partial charge < -0.3 is 14.8 Å². The van der Waals surface area contributed by atoms with Crippen LogP contribution in [0.15, 0.2) is 30.5 Å². The number of aromatic amines is 1. The zero-order valence-electron chi connectivity index (χ0n) is 13.5. The SMILES string of the molecule is CC(=O)N(CCc1c[nH]c2ccccc12)CC(=O)N1CCCC1. The van der Waals surface area contributed by atoms with E-state index in [0.717, 1.165) is 37.9 Å². The maximum Gasteiger partial charge on any atom is 0.242 e. The molecule has 5 nitrogen and oxygen atoms in total. The summed E-state index contributed by atoms with van der Waals surface area (Å²) in [5.41, 5.74) is 2.28. The maximum absolute atomic E-state index is 12.3. The number of nitrogens with one attached hydrogen (secondary N) is 1. The van der Waals surface area contributed by atoms with E-state index in [1.165, 1.54) is 17.9 Å². The smallest absolute Gasteiger partial charge is 0.242 e. The van der Waals surface area contributed by atoms with E-state index >= 15 is 0 Å². The summed E-state index contributed by atoms with van der Waals surface area (Å²) in [5, 5.41) is 1.18. The molecule has 2 amide bonds. The minimum Gasteiger partial charge on any atom is -0.361 e. The largest absolute Gasteiger partial charge is 0.361 e. The predicted octanol–water partition coefficient (Wildman–Crippen LogP) is 2.18. The van der Waals surface area contributed by atoms with Crippen molar-refractivity contribution < 1.29 is 9.59 Å². The summed E-state index contributed by atoms with van der Waals surface area (Å²) in [6.45, 7) is 3.95. The van der Waals surface area contributed by atoms with Crippen LogP contribution < -0.4 is 0 Å². The van der Waals surface area contributed by atoms with E-state index in [1.54, 1.807) is 4.90 Å². The third-order valence-corrected chi connectivity index (χ3v) is 4.56. The van der Waals surface area contributed by atoms with Crippen molar-refractivity contribution in [3.8, 4) is 0 Å². The number of likely N-dealkylation sites (tertiary alicyclic amines) is 1. The van der Waals surface area contributed by atoms with Crippen LogP contribution in [-0.4, -0.2) is 52.8 Å². The Labute approximate surface area is 136 Å². The van der Waals surface area contributed by atoms with Crippen LogP contribution in [0.4, 0.5) is 0 Å². The maximum atomic E-state index is 12.3. The average Bonchev–Trinajstić information content (AvgIpc) is 3.20. The Morgan fingerprint density at radius 2 is 1.96 bits per heavy atom. The van der Waals surface area contributed by atoms with Gasteiger partial charge in [0.25, 0.3) is 0 Å². The van der Waals surface area contributed by atoms with Crippen molar-refractivity contribution in [2.24, 2.45) is 0 Å². The lowest BCUT2D eigenvalue weighted by Gasteiger charge is -2.23. The van der Waals surface area contributed by atoms with Gasteiger partial charge in [0, 0.05) is 43.7 Å². The molecule has 0 bridgehead atoms. The van der Waals surface area contributed by atoms with E-state index in [9.17, 15) is 9.59 Å². The van der Waals surface area contributed by atoms with Crippen molar-refractivity contribution in [2.45, 2.75) is 26.2 Å². The number of hydrogen-bond donors (Lipinski definition) is 1. The normalized spacial score (nSPS) is 14.4. The number of benzene rings is 1. The zero-order valence-corrected chi connectivity index (χ0v) is 13.5. The third kappa shape index (κ3) is 3.55. The van der Waals surface area contributed by atoms with Gasteiger partial charge in [0.15, 0.2) is 0 Å². The Kier molecular flexibility index (Phi) is 4.65. The van der Waals surface area contributed by atoms with E-state index in [0.29, 0.717) is 6.54 Å². The van der Waals surface area contributed by atoms with Gasteiger partial charge in [-0.05, 0) is 30.9 Å². The molecule has 2 heterocycles. The number of carbonyl (C=O) groups is 2. The fourth-order valence-corrected chi connectivity index (χ4v) is 3.17. The van der Waals surface area contributed by atoms with E-state index in [2.05, 4.69) is 11.1 Å². The Hall–Kier alpha value is -2.30. The number of carbonyl (C=O) groups excluding carboxylic acids is 2. The highest BCUT2D eigenvalue weighted by molar-refractivity contribution is 5.85. The highest BCUT2D eigenvalue weighted by Gasteiger charge is 2.21. The second-order valence-corrected chi connectivity index (χ2v) is 6.14. The number of hydrogen-bond acceptors (Lipinski definition) is 2. The Bertz CT molecular complexity index is 701. The number of fused-ring (bicyclic) bond motifs is 1. The Morgan fingerprint density at radius 3 is 2.70 bits per heavy atom. The summed E-state index contributed by atoms with van der Waals surface area (Å²) in [7, 11) is 0. The molecule has 1 aromatic carbocycles. The van der Waals surface area contributed by atoms with Gasteiger partial charge in [-0.1, -0.05) is 18.2 Å². The van der Waals surface area contributed by atoms with Gasteiger partial charge in [0.1, 0.15) is 0 Å². The number of nitrogens with zero attached hydrogens (tertiary/aromatic N) is 2. The molecule has 1 aromatic heterocycles. The molecular weight excluding hydrogens is 290 g/mol. The minimum atomic E-state index is -0.0441. The van der Waals surface area contributed by atoms with Gasteiger partial charge in [0.2, 0.25) is 11.8 Å². The predicted molar refractivity (Wildman–Crippen MR) is 90.1 cm³/mol. The minimum absolute atomic E-state index is 0.0441. The van der Waals surface area contributed by atoms with Crippen molar-refractivity contribution in [3.63, 3.8) is 0 Å².